The molecule has 0 aromatic heterocycles. The number of carbonyl (C=O) groups excluding carboxylic acids is 2. The molecule has 1 aliphatic heterocycles. The van der Waals surface area contributed by atoms with Gasteiger partial charge in [0.2, 0.25) is 11.8 Å². The molecule has 0 bridgehead atoms. The Morgan fingerprint density at radius 3 is 2.74 bits per heavy atom. The number of thiocarbonyl (C=S) groups is 1. The Morgan fingerprint density at radius 1 is 1.47 bits per heavy atom. The first kappa shape index (κ1) is 14.2. The van der Waals surface area contributed by atoms with Gasteiger partial charge in [-0.1, -0.05) is 12.2 Å². The molecule has 2 unspecified atom stereocenters. The van der Waals surface area contributed by atoms with Crippen LogP contribution in [0.5, 0.6) is 0 Å². The van der Waals surface area contributed by atoms with Gasteiger partial charge < -0.3 is 20.7 Å². The fourth-order valence-corrected chi connectivity index (χ4v) is 2.08. The summed E-state index contributed by atoms with van der Waals surface area (Å²) >= 11 is 4.85. The number of hydrogen-bond acceptors (Lipinski definition) is 4. The highest BCUT2D eigenvalue weighted by Crippen LogP contribution is 2.20. The molecule has 1 saturated heterocycles. The largest absolute Gasteiger partial charge is 0.393 e. The number of ether oxygens (including phenoxy) is 1. The van der Waals surface area contributed by atoms with Crippen LogP contribution in [0.1, 0.15) is 19.8 Å². The third-order valence-electron chi connectivity index (χ3n) is 3.44. The van der Waals surface area contributed by atoms with Gasteiger partial charge in [-0.05, 0) is 19.8 Å². The molecule has 1 saturated carbocycles. The molecule has 7 heteroatoms. The Bertz CT molecular complexity index is 398. The molecule has 0 aromatic carbocycles. The monoisotopic (exact) mass is 285 g/mol. The predicted molar refractivity (Wildman–Crippen MR) is 73.4 cm³/mol. The molecule has 2 aliphatic rings. The molecule has 0 aromatic rings. The Labute approximate surface area is 117 Å². The van der Waals surface area contributed by atoms with Gasteiger partial charge in [0, 0.05) is 12.6 Å². The van der Waals surface area contributed by atoms with E-state index < -0.39 is 12.0 Å². The third kappa shape index (κ3) is 3.42. The second-order valence-electron chi connectivity index (χ2n) is 5.03. The van der Waals surface area contributed by atoms with E-state index in [2.05, 4.69) is 5.32 Å². The van der Waals surface area contributed by atoms with Crippen LogP contribution in [-0.2, 0) is 14.3 Å². The molecule has 0 radical (unpaired) electrons. The Morgan fingerprint density at radius 2 is 2.16 bits per heavy atom. The van der Waals surface area contributed by atoms with E-state index in [4.69, 9.17) is 22.7 Å². The average molecular weight is 285 g/mol. The van der Waals surface area contributed by atoms with Gasteiger partial charge in [-0.25, -0.2) is 0 Å². The number of nitrogens with two attached hydrogens (primary N) is 1. The quantitative estimate of drug-likeness (QED) is 0.675. The van der Waals surface area contributed by atoms with Gasteiger partial charge in [-0.2, -0.15) is 0 Å². The van der Waals surface area contributed by atoms with Crippen molar-refractivity contribution >= 4 is 29.0 Å². The van der Waals surface area contributed by atoms with E-state index >= 15 is 0 Å². The maximum absolute atomic E-state index is 12.3. The van der Waals surface area contributed by atoms with Crippen LogP contribution in [0.2, 0.25) is 0 Å². The highest BCUT2D eigenvalue weighted by Gasteiger charge is 2.37. The maximum Gasteiger partial charge on any atom is 0.245 e. The zero-order valence-electron chi connectivity index (χ0n) is 10.9. The van der Waals surface area contributed by atoms with Crippen LogP contribution in [0.4, 0.5) is 0 Å². The second kappa shape index (κ2) is 5.83. The van der Waals surface area contributed by atoms with Crippen LogP contribution in [0.25, 0.3) is 0 Å². The smallest absolute Gasteiger partial charge is 0.245 e. The number of nitrogens with one attached hydrogen (secondary N) is 1. The maximum atomic E-state index is 12.3. The Hall–Kier alpha value is -1.21. The molecule has 6 nitrogen and oxygen atoms in total. The number of nitrogens with zero attached hydrogens (tertiary/aromatic N) is 1. The van der Waals surface area contributed by atoms with Crippen molar-refractivity contribution in [3.05, 3.63) is 0 Å². The standard InChI is InChI=1S/C12H19N3O3S/c1-7(10(13)19)12(17)15-4-5-18-6-9(15)11(16)14-8-2-3-8/h7-9H,2-6H2,1H3,(H2,13,19)(H,14,16). The Kier molecular flexibility index (Phi) is 4.36. The predicted octanol–water partition coefficient (Wildman–Crippen LogP) is -0.585. The van der Waals surface area contributed by atoms with Crippen LogP contribution in [-0.4, -0.2) is 53.5 Å². The normalized spacial score (nSPS) is 24.7. The lowest BCUT2D eigenvalue weighted by Crippen LogP contribution is -2.58. The highest BCUT2D eigenvalue weighted by atomic mass is 32.1. The fraction of sp³-hybridized carbons (Fsp3) is 0.750. The van der Waals surface area contributed by atoms with Gasteiger partial charge in [-0.15, -0.1) is 0 Å². The van der Waals surface area contributed by atoms with Gasteiger partial charge >= 0.3 is 0 Å². The topological polar surface area (TPSA) is 84.7 Å². The summed E-state index contributed by atoms with van der Waals surface area (Å²) in [6.07, 6.45) is 2.02. The minimum Gasteiger partial charge on any atom is -0.393 e. The van der Waals surface area contributed by atoms with Crippen molar-refractivity contribution < 1.29 is 14.3 Å². The van der Waals surface area contributed by atoms with Gasteiger partial charge in [0.05, 0.1) is 24.1 Å². The lowest BCUT2D eigenvalue weighted by Gasteiger charge is -2.36. The minimum atomic E-state index is -0.571. The van der Waals surface area contributed by atoms with Crippen molar-refractivity contribution in [3.63, 3.8) is 0 Å². The van der Waals surface area contributed by atoms with Crippen molar-refractivity contribution in [2.75, 3.05) is 19.8 Å². The van der Waals surface area contributed by atoms with E-state index in [-0.39, 0.29) is 29.5 Å². The van der Waals surface area contributed by atoms with E-state index in [9.17, 15) is 9.59 Å². The number of amides is 2. The van der Waals surface area contributed by atoms with Crippen molar-refractivity contribution in [1.82, 2.24) is 10.2 Å². The summed E-state index contributed by atoms with van der Waals surface area (Å²) in [4.78, 5) is 26.1. The number of hydrogen-bond donors (Lipinski definition) is 2. The molecule has 1 aliphatic carbocycles. The van der Waals surface area contributed by atoms with Crippen molar-refractivity contribution in [2.45, 2.75) is 31.8 Å². The number of carbonyl (C=O) groups is 2. The van der Waals surface area contributed by atoms with Crippen LogP contribution < -0.4 is 11.1 Å². The van der Waals surface area contributed by atoms with Gasteiger partial charge in [0.15, 0.2) is 0 Å². The van der Waals surface area contributed by atoms with E-state index in [1.54, 1.807) is 6.92 Å². The fourth-order valence-electron chi connectivity index (χ4n) is 1.98. The van der Waals surface area contributed by atoms with Crippen molar-refractivity contribution in [3.8, 4) is 0 Å². The third-order valence-corrected chi connectivity index (χ3v) is 3.79. The summed E-state index contributed by atoms with van der Waals surface area (Å²) in [5.41, 5.74) is 5.51. The summed E-state index contributed by atoms with van der Waals surface area (Å²) in [5, 5.41) is 2.90. The highest BCUT2D eigenvalue weighted by molar-refractivity contribution is 7.80. The van der Waals surface area contributed by atoms with Gasteiger partial charge in [0.1, 0.15) is 6.04 Å². The molecule has 106 valence electrons. The van der Waals surface area contributed by atoms with Gasteiger partial charge in [0.25, 0.3) is 0 Å². The molecular weight excluding hydrogens is 266 g/mol. The van der Waals surface area contributed by atoms with E-state index in [0.29, 0.717) is 13.2 Å². The molecule has 19 heavy (non-hydrogen) atoms. The first-order valence-corrected chi connectivity index (χ1v) is 6.89. The van der Waals surface area contributed by atoms with Crippen molar-refractivity contribution in [1.29, 1.82) is 0 Å². The van der Waals surface area contributed by atoms with Gasteiger partial charge in [-0.3, -0.25) is 9.59 Å². The molecule has 2 fully saturated rings. The molecule has 2 amide bonds. The number of rotatable bonds is 4. The first-order chi connectivity index (χ1) is 9.00. The average Bonchev–Trinajstić information content (AvgIpc) is 3.20. The lowest BCUT2D eigenvalue weighted by molar-refractivity contribution is -0.149. The zero-order chi connectivity index (χ0) is 14.0. The molecule has 3 N–H and O–H groups in total. The molecule has 2 atom stereocenters. The summed E-state index contributed by atoms with van der Waals surface area (Å²) in [7, 11) is 0. The summed E-state index contributed by atoms with van der Waals surface area (Å²) in [6.45, 7) is 2.72. The minimum absolute atomic E-state index is 0.148. The molecular formula is C12H19N3O3S. The van der Waals surface area contributed by atoms with E-state index in [1.807, 2.05) is 0 Å². The van der Waals surface area contributed by atoms with Crippen LogP contribution in [0.3, 0.4) is 0 Å². The molecule has 0 spiro atoms. The SMILES string of the molecule is CC(C(=O)N1CCOCC1C(=O)NC1CC1)C(N)=S. The zero-order valence-corrected chi connectivity index (χ0v) is 11.7. The van der Waals surface area contributed by atoms with Crippen LogP contribution in [0, 0.1) is 5.92 Å². The summed E-state index contributed by atoms with van der Waals surface area (Å²) < 4.78 is 5.31. The van der Waals surface area contributed by atoms with E-state index in [0.717, 1.165) is 12.8 Å². The van der Waals surface area contributed by atoms with Crippen LogP contribution in [0.15, 0.2) is 0 Å². The summed E-state index contributed by atoms with van der Waals surface area (Å²) in [5.74, 6) is -0.901. The second-order valence-corrected chi connectivity index (χ2v) is 5.50. The first-order valence-electron chi connectivity index (χ1n) is 6.48. The molecule has 2 rings (SSSR count). The van der Waals surface area contributed by atoms with Crippen molar-refractivity contribution in [2.24, 2.45) is 11.7 Å². The van der Waals surface area contributed by atoms with E-state index in [1.165, 1.54) is 4.90 Å². The molecule has 1 heterocycles. The van der Waals surface area contributed by atoms with Crippen LogP contribution >= 0.6 is 12.2 Å². The Balaban J connectivity index is 2.03. The lowest BCUT2D eigenvalue weighted by atomic mass is 10.1. The summed E-state index contributed by atoms with van der Waals surface area (Å²) in [6, 6.07) is -0.307. The number of morpholine rings is 1.